The molecule has 0 radical (unpaired) electrons. The first-order valence-electron chi connectivity index (χ1n) is 7.65. The molecule has 0 aliphatic carbocycles. The Morgan fingerprint density at radius 2 is 2.23 bits per heavy atom. The van der Waals surface area contributed by atoms with Gasteiger partial charge < -0.3 is 14.7 Å². The normalized spacial score (nSPS) is 18.4. The quantitative estimate of drug-likeness (QED) is 0.921. The van der Waals surface area contributed by atoms with E-state index in [1.54, 1.807) is 4.90 Å². The van der Waals surface area contributed by atoms with E-state index in [1.807, 2.05) is 25.1 Å². The number of carbonyl (C=O) groups excluding carboxylic acids is 1. The molecule has 6 heteroatoms. The molecule has 1 saturated heterocycles. The fourth-order valence-corrected chi connectivity index (χ4v) is 2.66. The number of carbonyl (C=O) groups is 1. The van der Waals surface area contributed by atoms with Gasteiger partial charge in [0.1, 0.15) is 0 Å². The zero-order valence-electron chi connectivity index (χ0n) is 12.7. The highest BCUT2D eigenvalue weighted by Gasteiger charge is 2.27. The molecule has 2 heterocycles. The number of hydrogen-bond acceptors (Lipinski definition) is 5. The van der Waals surface area contributed by atoms with Gasteiger partial charge in [0.2, 0.25) is 0 Å². The standard InChI is InChI=1S/C16H20N4O2/c1-2-14-18-15(22-19-14)16(21)20-9-8-17-13(11-20)10-12-6-4-3-5-7-12/h3-7,13,17H,2,8-11H2,1H3. The van der Waals surface area contributed by atoms with Crippen molar-refractivity contribution >= 4 is 5.91 Å². The number of benzene rings is 1. The second-order valence-corrected chi connectivity index (χ2v) is 5.46. The highest BCUT2D eigenvalue weighted by molar-refractivity contribution is 5.89. The van der Waals surface area contributed by atoms with Crippen molar-refractivity contribution in [3.05, 3.63) is 47.6 Å². The molecule has 0 saturated carbocycles. The van der Waals surface area contributed by atoms with Gasteiger partial charge in [-0.1, -0.05) is 42.4 Å². The molecule has 3 rings (SSSR count). The van der Waals surface area contributed by atoms with Gasteiger partial charge in [-0.15, -0.1) is 0 Å². The highest BCUT2D eigenvalue weighted by atomic mass is 16.5. The van der Waals surface area contributed by atoms with Gasteiger partial charge >= 0.3 is 11.8 Å². The number of hydrogen-bond donors (Lipinski definition) is 1. The molecule has 1 atom stereocenters. The minimum atomic E-state index is -0.174. The predicted octanol–water partition coefficient (Wildman–Crippen LogP) is 1.29. The van der Waals surface area contributed by atoms with E-state index < -0.39 is 0 Å². The number of nitrogens with one attached hydrogen (secondary N) is 1. The number of nitrogens with zero attached hydrogens (tertiary/aromatic N) is 3. The third kappa shape index (κ3) is 3.33. The van der Waals surface area contributed by atoms with Crippen LogP contribution >= 0.6 is 0 Å². The van der Waals surface area contributed by atoms with Crippen LogP contribution in [0.25, 0.3) is 0 Å². The van der Waals surface area contributed by atoms with Crippen LogP contribution < -0.4 is 5.32 Å². The summed E-state index contributed by atoms with van der Waals surface area (Å²) in [6.45, 7) is 4.02. The van der Waals surface area contributed by atoms with Crippen molar-refractivity contribution in [3.63, 3.8) is 0 Å². The molecule has 0 spiro atoms. The number of amides is 1. The van der Waals surface area contributed by atoms with Crippen LogP contribution in [-0.2, 0) is 12.8 Å². The zero-order chi connectivity index (χ0) is 15.4. The molecule has 1 aromatic carbocycles. The van der Waals surface area contributed by atoms with Crippen molar-refractivity contribution in [1.29, 1.82) is 0 Å². The molecule has 1 fully saturated rings. The van der Waals surface area contributed by atoms with Gasteiger partial charge in [0.05, 0.1) is 0 Å². The zero-order valence-corrected chi connectivity index (χ0v) is 12.7. The maximum absolute atomic E-state index is 12.4. The molecule has 1 aromatic heterocycles. The van der Waals surface area contributed by atoms with Crippen LogP contribution in [-0.4, -0.2) is 46.6 Å². The Morgan fingerprint density at radius 3 is 2.95 bits per heavy atom. The van der Waals surface area contributed by atoms with Gasteiger partial charge in [0.15, 0.2) is 5.82 Å². The van der Waals surface area contributed by atoms with Gasteiger partial charge in [-0.3, -0.25) is 4.79 Å². The van der Waals surface area contributed by atoms with Crippen molar-refractivity contribution in [1.82, 2.24) is 20.4 Å². The number of aryl methyl sites for hydroxylation is 1. The molecule has 22 heavy (non-hydrogen) atoms. The van der Waals surface area contributed by atoms with E-state index in [0.29, 0.717) is 25.3 Å². The molecule has 1 N–H and O–H groups in total. The summed E-state index contributed by atoms with van der Waals surface area (Å²) in [6, 6.07) is 10.5. The van der Waals surface area contributed by atoms with Gasteiger partial charge in [-0.2, -0.15) is 4.98 Å². The lowest BCUT2D eigenvalue weighted by atomic mass is 10.0. The molecule has 1 aliphatic heterocycles. The minimum absolute atomic E-state index is 0.0946. The smallest absolute Gasteiger partial charge is 0.316 e. The summed E-state index contributed by atoms with van der Waals surface area (Å²) in [5.74, 6) is 0.489. The second kappa shape index (κ2) is 6.70. The maximum atomic E-state index is 12.4. The van der Waals surface area contributed by atoms with Gasteiger partial charge in [0, 0.05) is 32.1 Å². The van der Waals surface area contributed by atoms with Gasteiger partial charge in [-0.05, 0) is 12.0 Å². The highest BCUT2D eigenvalue weighted by Crippen LogP contribution is 2.10. The molecule has 0 bridgehead atoms. The summed E-state index contributed by atoms with van der Waals surface area (Å²) in [4.78, 5) is 18.3. The third-order valence-electron chi connectivity index (χ3n) is 3.83. The molecular weight excluding hydrogens is 280 g/mol. The molecular formula is C16H20N4O2. The average molecular weight is 300 g/mol. The Kier molecular flexibility index (Phi) is 4.48. The van der Waals surface area contributed by atoms with Gasteiger partial charge in [-0.25, -0.2) is 0 Å². The van der Waals surface area contributed by atoms with E-state index in [0.717, 1.165) is 13.0 Å². The van der Waals surface area contributed by atoms with Crippen LogP contribution in [0.2, 0.25) is 0 Å². The van der Waals surface area contributed by atoms with E-state index in [-0.39, 0.29) is 17.8 Å². The number of aromatic nitrogens is 2. The van der Waals surface area contributed by atoms with E-state index in [1.165, 1.54) is 5.56 Å². The first-order chi connectivity index (χ1) is 10.8. The van der Waals surface area contributed by atoms with Crippen LogP contribution in [0, 0.1) is 0 Å². The first kappa shape index (κ1) is 14.7. The Balaban J connectivity index is 1.63. The molecule has 116 valence electrons. The molecule has 6 nitrogen and oxygen atoms in total. The Morgan fingerprint density at radius 1 is 1.41 bits per heavy atom. The maximum Gasteiger partial charge on any atom is 0.316 e. The number of rotatable bonds is 4. The summed E-state index contributed by atoms with van der Waals surface area (Å²) in [6.07, 6.45) is 1.56. The summed E-state index contributed by atoms with van der Waals surface area (Å²) < 4.78 is 5.05. The lowest BCUT2D eigenvalue weighted by molar-refractivity contribution is 0.0653. The number of piperazine rings is 1. The minimum Gasteiger partial charge on any atom is -0.332 e. The van der Waals surface area contributed by atoms with E-state index in [9.17, 15) is 4.79 Å². The van der Waals surface area contributed by atoms with Crippen molar-refractivity contribution < 1.29 is 9.32 Å². The predicted molar refractivity (Wildman–Crippen MR) is 81.5 cm³/mol. The Bertz CT molecular complexity index is 626. The van der Waals surface area contributed by atoms with Crippen LogP contribution in [0.3, 0.4) is 0 Å². The summed E-state index contributed by atoms with van der Waals surface area (Å²) in [5, 5.41) is 7.25. The first-order valence-corrected chi connectivity index (χ1v) is 7.65. The SMILES string of the molecule is CCc1noc(C(=O)N2CCNC(Cc3ccccc3)C2)n1. The fourth-order valence-electron chi connectivity index (χ4n) is 2.66. The Labute approximate surface area is 129 Å². The lowest BCUT2D eigenvalue weighted by Crippen LogP contribution is -2.53. The monoisotopic (exact) mass is 300 g/mol. The van der Waals surface area contributed by atoms with Crippen LogP contribution in [0.4, 0.5) is 0 Å². The third-order valence-corrected chi connectivity index (χ3v) is 3.83. The fraction of sp³-hybridized carbons (Fsp3) is 0.438. The lowest BCUT2D eigenvalue weighted by Gasteiger charge is -2.33. The molecule has 2 aromatic rings. The van der Waals surface area contributed by atoms with Crippen LogP contribution in [0.5, 0.6) is 0 Å². The summed E-state index contributed by atoms with van der Waals surface area (Å²) >= 11 is 0. The molecule has 1 amide bonds. The molecule has 1 aliphatic rings. The van der Waals surface area contributed by atoms with E-state index in [4.69, 9.17) is 4.52 Å². The summed E-state index contributed by atoms with van der Waals surface area (Å²) in [5.41, 5.74) is 1.26. The van der Waals surface area contributed by atoms with Crippen molar-refractivity contribution in [3.8, 4) is 0 Å². The molecule has 1 unspecified atom stereocenters. The van der Waals surface area contributed by atoms with Crippen LogP contribution in [0.15, 0.2) is 34.9 Å². The summed E-state index contributed by atoms with van der Waals surface area (Å²) in [7, 11) is 0. The topological polar surface area (TPSA) is 71.3 Å². The second-order valence-electron chi connectivity index (χ2n) is 5.46. The largest absolute Gasteiger partial charge is 0.332 e. The van der Waals surface area contributed by atoms with E-state index >= 15 is 0 Å². The van der Waals surface area contributed by atoms with Crippen LogP contribution in [0.1, 0.15) is 29.0 Å². The van der Waals surface area contributed by atoms with Gasteiger partial charge in [0.25, 0.3) is 0 Å². The van der Waals surface area contributed by atoms with Crippen molar-refractivity contribution in [2.24, 2.45) is 0 Å². The Hall–Kier alpha value is -2.21. The van der Waals surface area contributed by atoms with Crippen molar-refractivity contribution in [2.75, 3.05) is 19.6 Å². The average Bonchev–Trinajstić information content (AvgIpc) is 3.04. The van der Waals surface area contributed by atoms with E-state index in [2.05, 4.69) is 27.6 Å². The van der Waals surface area contributed by atoms with Crippen molar-refractivity contribution in [2.45, 2.75) is 25.8 Å².